The van der Waals surface area contributed by atoms with E-state index in [1.807, 2.05) is 17.0 Å². The van der Waals surface area contributed by atoms with Gasteiger partial charge in [-0.15, -0.1) is 12.4 Å². The molecule has 1 aliphatic heterocycles. The number of hydrogen-bond acceptors (Lipinski definition) is 2. The van der Waals surface area contributed by atoms with E-state index < -0.39 is 0 Å². The Bertz CT molecular complexity index is 566. The molecule has 4 heteroatoms. The molecule has 2 fully saturated rings. The van der Waals surface area contributed by atoms with Crippen LogP contribution in [-0.4, -0.2) is 12.5 Å². The predicted molar refractivity (Wildman–Crippen MR) is 87.8 cm³/mol. The molecule has 21 heavy (non-hydrogen) atoms. The molecule has 2 saturated carbocycles. The number of benzene rings is 1. The lowest BCUT2D eigenvalue weighted by atomic mass is 9.97. The van der Waals surface area contributed by atoms with Crippen molar-refractivity contribution in [3.63, 3.8) is 0 Å². The summed E-state index contributed by atoms with van der Waals surface area (Å²) in [6, 6.07) is 5.98. The SMILES string of the molecule is Cl.Nc1cccc2c1CCCN2C(=O)C1CC12CCCC2. The van der Waals surface area contributed by atoms with Gasteiger partial charge in [-0.25, -0.2) is 0 Å². The number of hydrogen-bond donors (Lipinski definition) is 1. The number of nitrogens with zero attached hydrogens (tertiary/aromatic N) is 1. The first-order chi connectivity index (χ1) is 9.71. The normalized spacial score (nSPS) is 25.3. The number of anilines is 2. The van der Waals surface area contributed by atoms with Crippen LogP contribution in [0.5, 0.6) is 0 Å². The van der Waals surface area contributed by atoms with Gasteiger partial charge in [0.15, 0.2) is 0 Å². The summed E-state index contributed by atoms with van der Waals surface area (Å²) in [7, 11) is 0. The van der Waals surface area contributed by atoms with Crippen LogP contribution < -0.4 is 10.6 Å². The second kappa shape index (κ2) is 5.20. The monoisotopic (exact) mass is 306 g/mol. The molecule has 1 spiro atoms. The minimum atomic E-state index is 0. The Morgan fingerprint density at radius 2 is 2.00 bits per heavy atom. The molecule has 1 unspecified atom stereocenters. The van der Waals surface area contributed by atoms with E-state index >= 15 is 0 Å². The van der Waals surface area contributed by atoms with Crippen LogP contribution in [-0.2, 0) is 11.2 Å². The molecule has 1 aromatic rings. The molecule has 1 atom stereocenters. The van der Waals surface area contributed by atoms with Gasteiger partial charge in [-0.3, -0.25) is 4.79 Å². The van der Waals surface area contributed by atoms with Crippen molar-refractivity contribution < 1.29 is 4.79 Å². The van der Waals surface area contributed by atoms with Crippen molar-refractivity contribution in [3.05, 3.63) is 23.8 Å². The van der Waals surface area contributed by atoms with Gasteiger partial charge in [0.25, 0.3) is 0 Å². The van der Waals surface area contributed by atoms with Crippen LogP contribution in [0.3, 0.4) is 0 Å². The van der Waals surface area contributed by atoms with Crippen molar-refractivity contribution in [1.82, 2.24) is 0 Å². The van der Waals surface area contributed by atoms with E-state index in [1.165, 1.54) is 31.2 Å². The summed E-state index contributed by atoms with van der Waals surface area (Å²) in [5, 5.41) is 0. The molecule has 2 aliphatic carbocycles. The topological polar surface area (TPSA) is 46.3 Å². The van der Waals surface area contributed by atoms with Crippen molar-refractivity contribution in [2.45, 2.75) is 44.9 Å². The Hall–Kier alpha value is -1.22. The molecule has 1 amide bonds. The summed E-state index contributed by atoms with van der Waals surface area (Å²) < 4.78 is 0. The molecule has 0 saturated heterocycles. The lowest BCUT2D eigenvalue weighted by Gasteiger charge is -2.31. The van der Waals surface area contributed by atoms with Gasteiger partial charge in [0, 0.05) is 23.8 Å². The summed E-state index contributed by atoms with van der Waals surface area (Å²) in [5.41, 5.74) is 9.54. The largest absolute Gasteiger partial charge is 0.398 e. The van der Waals surface area contributed by atoms with Crippen LogP contribution in [0.25, 0.3) is 0 Å². The first-order valence-corrected chi connectivity index (χ1v) is 7.90. The Kier molecular flexibility index (Phi) is 3.64. The van der Waals surface area contributed by atoms with E-state index in [0.717, 1.165) is 37.2 Å². The second-order valence-electron chi connectivity index (χ2n) is 6.76. The summed E-state index contributed by atoms with van der Waals surface area (Å²) in [4.78, 5) is 14.9. The van der Waals surface area contributed by atoms with Gasteiger partial charge in [-0.1, -0.05) is 18.9 Å². The Balaban J connectivity index is 0.00000132. The molecule has 0 radical (unpaired) electrons. The summed E-state index contributed by atoms with van der Waals surface area (Å²) in [6.07, 6.45) is 8.32. The maximum Gasteiger partial charge on any atom is 0.230 e. The molecular formula is C17H23ClN2O. The van der Waals surface area contributed by atoms with Crippen LogP contribution in [0.4, 0.5) is 11.4 Å². The number of rotatable bonds is 1. The highest BCUT2D eigenvalue weighted by Gasteiger charge is 2.59. The molecule has 4 rings (SSSR count). The Morgan fingerprint density at radius 1 is 1.24 bits per heavy atom. The van der Waals surface area contributed by atoms with Gasteiger partial charge in [0.1, 0.15) is 0 Å². The van der Waals surface area contributed by atoms with Gasteiger partial charge in [-0.2, -0.15) is 0 Å². The third-order valence-electron chi connectivity index (χ3n) is 5.64. The predicted octanol–water partition coefficient (Wildman–Crippen LogP) is 3.55. The molecule has 1 heterocycles. The van der Waals surface area contributed by atoms with E-state index in [1.54, 1.807) is 0 Å². The average Bonchev–Trinajstić information content (AvgIpc) is 2.95. The van der Waals surface area contributed by atoms with Gasteiger partial charge < -0.3 is 10.6 Å². The fourth-order valence-corrected chi connectivity index (χ4v) is 4.40. The van der Waals surface area contributed by atoms with Crippen LogP contribution >= 0.6 is 12.4 Å². The number of carbonyl (C=O) groups excluding carboxylic acids is 1. The zero-order valence-electron chi connectivity index (χ0n) is 12.3. The Morgan fingerprint density at radius 3 is 2.76 bits per heavy atom. The molecular weight excluding hydrogens is 284 g/mol. The van der Waals surface area contributed by atoms with Crippen molar-refractivity contribution in [2.24, 2.45) is 11.3 Å². The highest BCUT2D eigenvalue weighted by molar-refractivity contribution is 5.99. The van der Waals surface area contributed by atoms with Crippen molar-refractivity contribution >= 4 is 29.7 Å². The van der Waals surface area contributed by atoms with Crippen molar-refractivity contribution in [3.8, 4) is 0 Å². The zero-order valence-corrected chi connectivity index (χ0v) is 13.1. The van der Waals surface area contributed by atoms with Crippen LogP contribution in [0, 0.1) is 11.3 Å². The Labute approximate surface area is 132 Å². The summed E-state index contributed by atoms with van der Waals surface area (Å²) in [6.45, 7) is 0.863. The molecule has 1 aromatic carbocycles. The lowest BCUT2D eigenvalue weighted by Crippen LogP contribution is -2.37. The maximum absolute atomic E-state index is 12.9. The van der Waals surface area contributed by atoms with Crippen molar-refractivity contribution in [1.29, 1.82) is 0 Å². The number of nitrogen functional groups attached to an aromatic ring is 1. The first kappa shape index (κ1) is 14.7. The molecule has 3 nitrogen and oxygen atoms in total. The summed E-state index contributed by atoms with van der Waals surface area (Å²) in [5.74, 6) is 0.649. The van der Waals surface area contributed by atoms with Gasteiger partial charge in [-0.05, 0) is 55.2 Å². The van der Waals surface area contributed by atoms with E-state index in [2.05, 4.69) is 6.07 Å². The maximum atomic E-state index is 12.9. The lowest BCUT2D eigenvalue weighted by molar-refractivity contribution is -0.120. The highest BCUT2D eigenvalue weighted by atomic mass is 35.5. The fourth-order valence-electron chi connectivity index (χ4n) is 4.40. The molecule has 2 N–H and O–H groups in total. The summed E-state index contributed by atoms with van der Waals surface area (Å²) >= 11 is 0. The van der Waals surface area contributed by atoms with Gasteiger partial charge >= 0.3 is 0 Å². The minimum absolute atomic E-state index is 0. The quantitative estimate of drug-likeness (QED) is 0.807. The van der Waals surface area contributed by atoms with E-state index in [-0.39, 0.29) is 18.3 Å². The third kappa shape index (κ3) is 2.22. The highest BCUT2D eigenvalue weighted by Crippen LogP contribution is 2.63. The number of carbonyl (C=O) groups is 1. The van der Waals surface area contributed by atoms with Crippen LogP contribution in [0.15, 0.2) is 18.2 Å². The fraction of sp³-hybridized carbons (Fsp3) is 0.588. The molecule has 0 bridgehead atoms. The number of fused-ring (bicyclic) bond motifs is 1. The average molecular weight is 307 g/mol. The third-order valence-corrected chi connectivity index (χ3v) is 5.64. The minimum Gasteiger partial charge on any atom is -0.398 e. The van der Waals surface area contributed by atoms with Crippen LogP contribution in [0.2, 0.25) is 0 Å². The molecule has 3 aliphatic rings. The number of amides is 1. The molecule has 114 valence electrons. The molecule has 0 aromatic heterocycles. The number of nitrogens with two attached hydrogens (primary N) is 1. The van der Waals surface area contributed by atoms with Gasteiger partial charge in [0.2, 0.25) is 5.91 Å². The van der Waals surface area contributed by atoms with E-state index in [9.17, 15) is 4.79 Å². The second-order valence-corrected chi connectivity index (χ2v) is 6.76. The van der Waals surface area contributed by atoms with Crippen molar-refractivity contribution in [2.75, 3.05) is 17.2 Å². The van der Waals surface area contributed by atoms with Crippen LogP contribution in [0.1, 0.15) is 44.1 Å². The van der Waals surface area contributed by atoms with E-state index in [4.69, 9.17) is 5.73 Å². The van der Waals surface area contributed by atoms with Gasteiger partial charge in [0.05, 0.1) is 0 Å². The number of halogens is 1. The smallest absolute Gasteiger partial charge is 0.230 e. The standard InChI is InChI=1S/C17H22N2O.ClH/c18-14-6-3-7-15-12(14)5-4-10-19(15)16(20)13-11-17(13)8-1-2-9-17;/h3,6-7,13H,1-2,4-5,8-11,18H2;1H. The first-order valence-electron chi connectivity index (χ1n) is 7.90. The zero-order chi connectivity index (χ0) is 13.7. The van der Waals surface area contributed by atoms with E-state index in [0.29, 0.717) is 11.3 Å².